The topological polar surface area (TPSA) is 66.5 Å². The number of nitrogens with one attached hydrogen (secondary N) is 1. The molecule has 1 fully saturated rings. The fourth-order valence-corrected chi connectivity index (χ4v) is 3.60. The number of aromatic amines is 1. The van der Waals surface area contributed by atoms with Crippen molar-refractivity contribution in [1.29, 1.82) is 0 Å². The first-order valence-electron chi connectivity index (χ1n) is 9.86. The van der Waals surface area contributed by atoms with E-state index in [0.29, 0.717) is 0 Å². The second kappa shape index (κ2) is 8.93. The molecule has 0 spiro atoms. The van der Waals surface area contributed by atoms with Crippen LogP contribution in [0.3, 0.4) is 0 Å². The molecular formula is C21H27N5O2. The lowest BCUT2D eigenvalue weighted by Crippen LogP contribution is -2.47. The molecule has 0 saturated carbocycles. The molecule has 2 aromatic heterocycles. The van der Waals surface area contributed by atoms with Crippen molar-refractivity contribution in [3.63, 3.8) is 0 Å². The number of benzene rings is 1. The molecule has 28 heavy (non-hydrogen) atoms. The van der Waals surface area contributed by atoms with Crippen molar-refractivity contribution in [2.45, 2.75) is 12.8 Å². The van der Waals surface area contributed by atoms with Gasteiger partial charge in [0, 0.05) is 43.8 Å². The number of rotatable bonds is 8. The van der Waals surface area contributed by atoms with E-state index in [9.17, 15) is 0 Å². The molecule has 0 radical (unpaired) electrons. The molecule has 3 aromatic rings. The van der Waals surface area contributed by atoms with Crippen molar-refractivity contribution in [1.82, 2.24) is 20.1 Å². The van der Waals surface area contributed by atoms with Crippen LogP contribution in [-0.4, -0.2) is 66.5 Å². The minimum atomic E-state index is 0.741. The summed E-state index contributed by atoms with van der Waals surface area (Å²) in [4.78, 5) is 9.31. The number of unbranched alkanes of at least 4 members (excludes halogenated alkanes) is 1. The zero-order valence-electron chi connectivity index (χ0n) is 16.3. The highest BCUT2D eigenvalue weighted by Crippen LogP contribution is 2.25. The molecule has 1 aromatic carbocycles. The third-order valence-electron chi connectivity index (χ3n) is 5.19. The molecule has 0 bridgehead atoms. The fraction of sp³-hybridized carbons (Fsp3) is 0.429. The Morgan fingerprint density at radius 3 is 2.86 bits per heavy atom. The van der Waals surface area contributed by atoms with Crippen LogP contribution in [0.25, 0.3) is 10.9 Å². The van der Waals surface area contributed by atoms with E-state index in [4.69, 9.17) is 9.47 Å². The Bertz CT molecular complexity index is 889. The smallest absolute Gasteiger partial charge is 0.171 e. The minimum absolute atomic E-state index is 0.741. The maximum atomic E-state index is 5.88. The monoisotopic (exact) mass is 381 g/mol. The minimum Gasteiger partial charge on any atom is -0.494 e. The Labute approximate surface area is 165 Å². The van der Waals surface area contributed by atoms with E-state index >= 15 is 0 Å². The summed E-state index contributed by atoms with van der Waals surface area (Å²) >= 11 is 0. The molecule has 0 unspecified atom stereocenters. The van der Waals surface area contributed by atoms with E-state index < -0.39 is 0 Å². The van der Waals surface area contributed by atoms with Crippen LogP contribution in [-0.2, 0) is 0 Å². The van der Waals surface area contributed by atoms with Gasteiger partial charge in [-0.05, 0) is 43.7 Å². The standard InChI is InChI=1S/C21H27N5O2/c1-27-20-5-4-8-22-21(20)26-12-10-25(11-13-26)9-2-3-14-28-18-7-6-17-16-23-24-19(17)15-18/h4-8,15-16H,2-3,9-14H2,1H3,(H,23,24). The first-order valence-corrected chi connectivity index (χ1v) is 9.86. The van der Waals surface area contributed by atoms with Crippen molar-refractivity contribution in [3.8, 4) is 11.5 Å². The van der Waals surface area contributed by atoms with Gasteiger partial charge in [-0.3, -0.25) is 10.00 Å². The van der Waals surface area contributed by atoms with E-state index in [1.54, 1.807) is 7.11 Å². The molecule has 0 aliphatic carbocycles. The number of H-pyrrole nitrogens is 1. The number of anilines is 1. The van der Waals surface area contributed by atoms with Gasteiger partial charge >= 0.3 is 0 Å². The number of aromatic nitrogens is 3. The van der Waals surface area contributed by atoms with Gasteiger partial charge in [-0.2, -0.15) is 5.10 Å². The van der Waals surface area contributed by atoms with Gasteiger partial charge < -0.3 is 14.4 Å². The number of methoxy groups -OCH3 is 1. The number of hydrogen-bond donors (Lipinski definition) is 1. The second-order valence-corrected chi connectivity index (χ2v) is 7.03. The molecule has 1 saturated heterocycles. The summed E-state index contributed by atoms with van der Waals surface area (Å²) < 4.78 is 11.3. The van der Waals surface area contributed by atoms with Crippen LogP contribution in [0.4, 0.5) is 5.82 Å². The summed E-state index contributed by atoms with van der Waals surface area (Å²) in [7, 11) is 1.70. The maximum Gasteiger partial charge on any atom is 0.171 e. The Kier molecular flexibility index (Phi) is 5.92. The number of hydrogen-bond acceptors (Lipinski definition) is 6. The molecule has 148 valence electrons. The lowest BCUT2D eigenvalue weighted by molar-refractivity contribution is 0.237. The largest absolute Gasteiger partial charge is 0.494 e. The zero-order valence-corrected chi connectivity index (χ0v) is 16.3. The van der Waals surface area contributed by atoms with Crippen LogP contribution in [0.15, 0.2) is 42.7 Å². The number of fused-ring (bicyclic) bond motifs is 1. The van der Waals surface area contributed by atoms with Crippen LogP contribution in [0.1, 0.15) is 12.8 Å². The van der Waals surface area contributed by atoms with Gasteiger partial charge in [0.05, 0.1) is 25.4 Å². The van der Waals surface area contributed by atoms with Gasteiger partial charge in [-0.1, -0.05) is 0 Å². The summed E-state index contributed by atoms with van der Waals surface area (Å²) in [5.41, 5.74) is 1.01. The van der Waals surface area contributed by atoms with E-state index in [2.05, 4.69) is 25.0 Å². The Hall–Kier alpha value is -2.80. The predicted molar refractivity (Wildman–Crippen MR) is 110 cm³/mol. The maximum absolute atomic E-state index is 5.88. The summed E-state index contributed by atoms with van der Waals surface area (Å²) in [6.07, 6.45) is 5.84. The quantitative estimate of drug-likeness (QED) is 0.605. The molecule has 0 amide bonds. The van der Waals surface area contributed by atoms with Gasteiger partial charge in [-0.15, -0.1) is 0 Å². The van der Waals surface area contributed by atoms with Gasteiger partial charge in [0.25, 0.3) is 0 Å². The summed E-state index contributed by atoms with van der Waals surface area (Å²) in [6.45, 7) is 5.91. The number of piperazine rings is 1. The highest BCUT2D eigenvalue weighted by Gasteiger charge is 2.20. The predicted octanol–water partition coefficient (Wildman–Crippen LogP) is 2.95. The van der Waals surface area contributed by atoms with Crippen LogP contribution in [0.2, 0.25) is 0 Å². The average molecular weight is 381 g/mol. The van der Waals surface area contributed by atoms with Crippen molar-refractivity contribution in [2.24, 2.45) is 0 Å². The van der Waals surface area contributed by atoms with Gasteiger partial charge in [-0.25, -0.2) is 4.98 Å². The Morgan fingerprint density at radius 2 is 2.00 bits per heavy atom. The van der Waals surface area contributed by atoms with Crippen molar-refractivity contribution in [3.05, 3.63) is 42.7 Å². The van der Waals surface area contributed by atoms with Crippen molar-refractivity contribution < 1.29 is 9.47 Å². The molecule has 0 atom stereocenters. The molecule has 7 heteroatoms. The fourth-order valence-electron chi connectivity index (χ4n) is 3.60. The lowest BCUT2D eigenvalue weighted by atomic mass is 10.2. The molecule has 3 heterocycles. The summed E-state index contributed by atoms with van der Waals surface area (Å²) in [5.74, 6) is 2.70. The molecule has 4 rings (SSSR count). The van der Waals surface area contributed by atoms with E-state index in [1.165, 1.54) is 0 Å². The zero-order chi connectivity index (χ0) is 19.2. The van der Waals surface area contributed by atoms with E-state index in [0.717, 1.165) is 80.4 Å². The second-order valence-electron chi connectivity index (χ2n) is 7.03. The third-order valence-corrected chi connectivity index (χ3v) is 5.19. The Morgan fingerprint density at radius 1 is 1.11 bits per heavy atom. The van der Waals surface area contributed by atoms with E-state index in [1.807, 2.05) is 42.7 Å². The SMILES string of the molecule is COc1cccnc1N1CCN(CCCCOc2ccc3cn[nH]c3c2)CC1. The first-order chi connectivity index (χ1) is 13.8. The van der Waals surface area contributed by atoms with Crippen LogP contribution >= 0.6 is 0 Å². The highest BCUT2D eigenvalue weighted by molar-refractivity contribution is 5.79. The normalized spacial score (nSPS) is 15.1. The van der Waals surface area contributed by atoms with Crippen molar-refractivity contribution >= 4 is 16.7 Å². The molecule has 7 nitrogen and oxygen atoms in total. The van der Waals surface area contributed by atoms with Crippen LogP contribution < -0.4 is 14.4 Å². The van der Waals surface area contributed by atoms with Crippen LogP contribution in [0, 0.1) is 0 Å². The average Bonchev–Trinajstić information content (AvgIpc) is 3.22. The lowest BCUT2D eigenvalue weighted by Gasteiger charge is -2.35. The number of pyridine rings is 1. The molecule has 1 aliphatic heterocycles. The highest BCUT2D eigenvalue weighted by atomic mass is 16.5. The third kappa shape index (κ3) is 4.36. The summed E-state index contributed by atoms with van der Waals surface area (Å²) in [6, 6.07) is 9.92. The first kappa shape index (κ1) is 18.6. The molecule has 1 aliphatic rings. The van der Waals surface area contributed by atoms with Crippen LogP contribution in [0.5, 0.6) is 11.5 Å². The van der Waals surface area contributed by atoms with E-state index in [-0.39, 0.29) is 0 Å². The summed E-state index contributed by atoms with van der Waals surface area (Å²) in [5, 5.41) is 8.12. The number of ether oxygens (including phenoxy) is 2. The molecular weight excluding hydrogens is 354 g/mol. The number of nitrogens with zero attached hydrogens (tertiary/aromatic N) is 4. The van der Waals surface area contributed by atoms with Crippen molar-refractivity contribution in [2.75, 3.05) is 51.3 Å². The van der Waals surface area contributed by atoms with Gasteiger partial charge in [0.15, 0.2) is 11.6 Å². The van der Waals surface area contributed by atoms with Gasteiger partial charge in [0.2, 0.25) is 0 Å². The van der Waals surface area contributed by atoms with Gasteiger partial charge in [0.1, 0.15) is 5.75 Å². The molecule has 1 N–H and O–H groups in total. The Balaban J connectivity index is 1.15.